The third-order valence-corrected chi connectivity index (χ3v) is 4.55. The molecule has 5 heteroatoms. The number of carbonyl (C=O) groups excluding carboxylic acids is 1. The lowest BCUT2D eigenvalue weighted by Gasteiger charge is -2.08. The molecule has 23 heavy (non-hydrogen) atoms. The van der Waals surface area contributed by atoms with Gasteiger partial charge in [0, 0.05) is 23.1 Å². The number of amides is 1. The molecule has 0 bridgehead atoms. The van der Waals surface area contributed by atoms with E-state index in [0.717, 1.165) is 27.7 Å². The van der Waals surface area contributed by atoms with Gasteiger partial charge < -0.3 is 10.1 Å². The molecule has 0 saturated carbocycles. The normalized spacial score (nSPS) is 10.3. The highest BCUT2D eigenvalue weighted by Gasteiger charge is 2.03. The number of thioether (sulfide) groups is 1. The second-order valence-corrected chi connectivity index (χ2v) is 6.61. The fourth-order valence-corrected chi connectivity index (χ4v) is 3.04. The quantitative estimate of drug-likeness (QED) is 0.730. The fraction of sp³-hybridized carbons (Fsp3) is 0.278. The van der Waals surface area contributed by atoms with Crippen LogP contribution in [0.5, 0.6) is 5.75 Å². The number of aryl methyl sites for hydroxylation is 1. The average molecular weight is 350 g/mol. The maximum absolute atomic E-state index is 11.7. The Morgan fingerprint density at radius 1 is 1.17 bits per heavy atom. The molecule has 0 radical (unpaired) electrons. The lowest BCUT2D eigenvalue weighted by Crippen LogP contribution is -2.30. The molecule has 0 aromatic heterocycles. The van der Waals surface area contributed by atoms with E-state index in [1.165, 1.54) is 0 Å². The van der Waals surface area contributed by atoms with Crippen LogP contribution < -0.4 is 10.1 Å². The molecule has 2 aromatic carbocycles. The maximum Gasteiger partial charge on any atom is 0.257 e. The number of benzene rings is 2. The van der Waals surface area contributed by atoms with Crippen molar-refractivity contribution in [2.45, 2.75) is 12.7 Å². The zero-order chi connectivity index (χ0) is 16.5. The van der Waals surface area contributed by atoms with Gasteiger partial charge in [-0.05, 0) is 30.7 Å². The Balaban J connectivity index is 1.58. The van der Waals surface area contributed by atoms with Crippen LogP contribution in [0.3, 0.4) is 0 Å². The number of rotatable bonds is 8. The van der Waals surface area contributed by atoms with Gasteiger partial charge in [0.05, 0.1) is 0 Å². The van der Waals surface area contributed by atoms with Crippen LogP contribution in [0.4, 0.5) is 0 Å². The van der Waals surface area contributed by atoms with Crippen molar-refractivity contribution in [1.82, 2.24) is 5.32 Å². The molecule has 0 aliphatic carbocycles. The van der Waals surface area contributed by atoms with Crippen LogP contribution in [0.15, 0.2) is 48.5 Å². The summed E-state index contributed by atoms with van der Waals surface area (Å²) in [5.74, 6) is 2.28. The number of ether oxygens (including phenoxy) is 1. The second-order valence-electron chi connectivity index (χ2n) is 5.10. The van der Waals surface area contributed by atoms with Gasteiger partial charge in [-0.2, -0.15) is 11.8 Å². The highest BCUT2D eigenvalue weighted by atomic mass is 35.5. The smallest absolute Gasteiger partial charge is 0.257 e. The van der Waals surface area contributed by atoms with Crippen LogP contribution in [-0.4, -0.2) is 24.8 Å². The second kappa shape index (κ2) is 9.48. The predicted molar refractivity (Wildman–Crippen MR) is 97.3 cm³/mol. The van der Waals surface area contributed by atoms with Crippen molar-refractivity contribution < 1.29 is 9.53 Å². The molecule has 0 unspecified atom stereocenters. The molecule has 0 aliphatic heterocycles. The predicted octanol–water partition coefficient (Wildman–Crippen LogP) is 4.08. The minimum Gasteiger partial charge on any atom is -0.484 e. The third-order valence-electron chi connectivity index (χ3n) is 3.17. The van der Waals surface area contributed by atoms with Gasteiger partial charge in [0.1, 0.15) is 5.75 Å². The molecule has 0 atom stereocenters. The Kier molecular flexibility index (Phi) is 7.30. The van der Waals surface area contributed by atoms with E-state index in [9.17, 15) is 4.79 Å². The molecular weight excluding hydrogens is 330 g/mol. The summed E-state index contributed by atoms with van der Waals surface area (Å²) in [6.07, 6.45) is 0. The van der Waals surface area contributed by atoms with Crippen LogP contribution in [0.25, 0.3) is 0 Å². The first-order valence-corrected chi connectivity index (χ1v) is 8.96. The minimum atomic E-state index is -0.107. The Bertz CT molecular complexity index is 631. The van der Waals surface area contributed by atoms with Gasteiger partial charge in [0.15, 0.2) is 6.61 Å². The topological polar surface area (TPSA) is 38.3 Å². The molecule has 0 heterocycles. The van der Waals surface area contributed by atoms with E-state index in [-0.39, 0.29) is 12.5 Å². The van der Waals surface area contributed by atoms with Crippen molar-refractivity contribution in [3.63, 3.8) is 0 Å². The molecule has 2 aromatic rings. The van der Waals surface area contributed by atoms with Crippen LogP contribution in [0, 0.1) is 6.92 Å². The van der Waals surface area contributed by atoms with Crippen LogP contribution >= 0.6 is 23.4 Å². The van der Waals surface area contributed by atoms with Crippen LogP contribution in [0.2, 0.25) is 5.02 Å². The standard InChI is InChI=1S/C18H20ClNO2S/c1-14-6-8-16(9-7-14)22-12-18(21)20-10-11-23-13-15-4-2-3-5-17(15)19/h2-9H,10-13H2,1H3,(H,20,21). The van der Waals surface area contributed by atoms with E-state index in [1.807, 2.05) is 55.5 Å². The molecule has 122 valence electrons. The molecule has 0 saturated heterocycles. The van der Waals surface area contributed by atoms with Crippen molar-refractivity contribution in [2.75, 3.05) is 18.9 Å². The highest BCUT2D eigenvalue weighted by Crippen LogP contribution is 2.20. The van der Waals surface area contributed by atoms with Gasteiger partial charge in [-0.3, -0.25) is 4.79 Å². The number of nitrogens with one attached hydrogen (secondary N) is 1. The Morgan fingerprint density at radius 3 is 2.65 bits per heavy atom. The summed E-state index contributed by atoms with van der Waals surface area (Å²) in [6, 6.07) is 15.4. The molecule has 1 N–H and O–H groups in total. The van der Waals surface area contributed by atoms with Crippen molar-refractivity contribution in [3.8, 4) is 5.75 Å². The molecule has 2 rings (SSSR count). The molecular formula is C18H20ClNO2S. The SMILES string of the molecule is Cc1ccc(OCC(=O)NCCSCc2ccccc2Cl)cc1. The van der Waals surface area contributed by atoms with Gasteiger partial charge >= 0.3 is 0 Å². The first kappa shape index (κ1) is 17.7. The van der Waals surface area contributed by atoms with E-state index in [2.05, 4.69) is 5.32 Å². The van der Waals surface area contributed by atoms with Crippen molar-refractivity contribution in [3.05, 3.63) is 64.7 Å². The Morgan fingerprint density at radius 2 is 1.91 bits per heavy atom. The van der Waals surface area contributed by atoms with Crippen LogP contribution in [-0.2, 0) is 10.5 Å². The van der Waals surface area contributed by atoms with E-state index in [1.54, 1.807) is 11.8 Å². The third kappa shape index (κ3) is 6.55. The average Bonchev–Trinajstić information content (AvgIpc) is 2.55. The van der Waals surface area contributed by atoms with E-state index < -0.39 is 0 Å². The lowest BCUT2D eigenvalue weighted by atomic mass is 10.2. The van der Waals surface area contributed by atoms with Gasteiger partial charge in [-0.15, -0.1) is 0 Å². The summed E-state index contributed by atoms with van der Waals surface area (Å²) in [5.41, 5.74) is 2.28. The van der Waals surface area contributed by atoms with Crippen molar-refractivity contribution in [2.24, 2.45) is 0 Å². The number of hydrogen-bond acceptors (Lipinski definition) is 3. The van der Waals surface area contributed by atoms with Gasteiger partial charge in [-0.1, -0.05) is 47.5 Å². The van der Waals surface area contributed by atoms with Gasteiger partial charge in [0.25, 0.3) is 5.91 Å². The molecule has 0 aliphatic rings. The minimum absolute atomic E-state index is 0.0399. The number of hydrogen-bond donors (Lipinski definition) is 1. The first-order valence-electron chi connectivity index (χ1n) is 7.42. The summed E-state index contributed by atoms with van der Waals surface area (Å²) in [4.78, 5) is 11.7. The zero-order valence-electron chi connectivity index (χ0n) is 13.0. The van der Waals surface area contributed by atoms with Gasteiger partial charge in [0.2, 0.25) is 0 Å². The summed E-state index contributed by atoms with van der Waals surface area (Å²) in [7, 11) is 0. The molecule has 0 spiro atoms. The van der Waals surface area contributed by atoms with Crippen LogP contribution in [0.1, 0.15) is 11.1 Å². The largest absolute Gasteiger partial charge is 0.484 e. The maximum atomic E-state index is 11.7. The van der Waals surface area contributed by atoms with E-state index >= 15 is 0 Å². The molecule has 1 amide bonds. The zero-order valence-corrected chi connectivity index (χ0v) is 14.6. The monoisotopic (exact) mass is 349 g/mol. The summed E-state index contributed by atoms with van der Waals surface area (Å²) in [5, 5.41) is 3.63. The van der Waals surface area contributed by atoms with E-state index in [4.69, 9.17) is 16.3 Å². The van der Waals surface area contributed by atoms with Crippen molar-refractivity contribution >= 4 is 29.3 Å². The number of carbonyl (C=O) groups is 1. The fourth-order valence-electron chi connectivity index (χ4n) is 1.89. The summed E-state index contributed by atoms with van der Waals surface area (Å²) >= 11 is 7.84. The highest BCUT2D eigenvalue weighted by molar-refractivity contribution is 7.98. The molecule has 0 fully saturated rings. The first-order chi connectivity index (χ1) is 11.1. The van der Waals surface area contributed by atoms with E-state index in [0.29, 0.717) is 12.3 Å². The summed E-state index contributed by atoms with van der Waals surface area (Å²) in [6.45, 7) is 2.67. The Labute approximate surface area is 146 Å². The number of halogens is 1. The van der Waals surface area contributed by atoms with Gasteiger partial charge in [-0.25, -0.2) is 0 Å². The lowest BCUT2D eigenvalue weighted by molar-refractivity contribution is -0.122. The Hall–Kier alpha value is -1.65. The molecule has 3 nitrogen and oxygen atoms in total. The van der Waals surface area contributed by atoms with Crippen molar-refractivity contribution in [1.29, 1.82) is 0 Å². The summed E-state index contributed by atoms with van der Waals surface area (Å²) < 4.78 is 5.43.